The minimum atomic E-state index is -4.08. The van der Waals surface area contributed by atoms with E-state index in [0.717, 1.165) is 18.3 Å². The van der Waals surface area contributed by atoms with Crippen LogP contribution < -0.4 is 20.1 Å². The lowest BCUT2D eigenvalue weighted by molar-refractivity contribution is -0.385. The lowest BCUT2D eigenvalue weighted by Crippen LogP contribution is -2.18. The Labute approximate surface area is 162 Å². The van der Waals surface area contributed by atoms with Crippen molar-refractivity contribution < 1.29 is 27.2 Å². The Morgan fingerprint density at radius 3 is 2.66 bits per heavy atom. The Morgan fingerprint density at radius 2 is 2.00 bits per heavy atom. The van der Waals surface area contributed by atoms with E-state index in [-0.39, 0.29) is 33.2 Å². The average Bonchev–Trinajstić information content (AvgIpc) is 3.06. The molecule has 0 fully saturated rings. The van der Waals surface area contributed by atoms with Crippen molar-refractivity contribution in [1.29, 1.82) is 0 Å². The highest BCUT2D eigenvalue weighted by Gasteiger charge is 2.21. The fraction of sp³-hybridized carbons (Fsp3) is 0.125. The van der Waals surface area contributed by atoms with E-state index in [1.807, 2.05) is 4.83 Å². The zero-order valence-electron chi connectivity index (χ0n) is 15.0. The molecule has 152 valence electrons. The van der Waals surface area contributed by atoms with E-state index in [1.54, 1.807) is 0 Å². The van der Waals surface area contributed by atoms with Crippen LogP contribution in [-0.4, -0.2) is 38.8 Å². The number of nitrogens with zero attached hydrogens (tertiary/aromatic N) is 2. The Morgan fingerprint density at radius 1 is 1.24 bits per heavy atom. The van der Waals surface area contributed by atoms with E-state index in [0.29, 0.717) is 5.52 Å². The average molecular weight is 422 g/mol. The zero-order chi connectivity index (χ0) is 21.2. The van der Waals surface area contributed by atoms with Gasteiger partial charge in [-0.2, -0.15) is 13.5 Å². The van der Waals surface area contributed by atoms with Crippen LogP contribution in [0.5, 0.6) is 11.5 Å². The van der Waals surface area contributed by atoms with Crippen LogP contribution >= 0.6 is 0 Å². The van der Waals surface area contributed by atoms with Crippen molar-refractivity contribution in [3.05, 3.63) is 56.6 Å². The number of hydrazone groups is 1. The van der Waals surface area contributed by atoms with Crippen LogP contribution in [0.2, 0.25) is 0 Å². The third kappa shape index (κ3) is 4.03. The van der Waals surface area contributed by atoms with Crippen LogP contribution in [0.1, 0.15) is 5.56 Å². The van der Waals surface area contributed by atoms with Gasteiger partial charge in [-0.15, -0.1) is 0 Å². The highest BCUT2D eigenvalue weighted by Crippen LogP contribution is 2.37. The second-order valence-electron chi connectivity index (χ2n) is 5.56. The molecule has 2 N–H and O–H groups in total. The van der Waals surface area contributed by atoms with Gasteiger partial charge in [0.25, 0.3) is 10.0 Å². The molecule has 0 saturated heterocycles. The summed E-state index contributed by atoms with van der Waals surface area (Å²) in [7, 11) is -1.51. The van der Waals surface area contributed by atoms with Crippen LogP contribution in [0.4, 0.5) is 5.69 Å². The summed E-state index contributed by atoms with van der Waals surface area (Å²) in [6, 6.07) is 6.33. The van der Waals surface area contributed by atoms with E-state index in [4.69, 9.17) is 13.9 Å². The number of H-pyrrole nitrogens is 1. The van der Waals surface area contributed by atoms with E-state index >= 15 is 0 Å². The fourth-order valence-corrected chi connectivity index (χ4v) is 3.30. The zero-order valence-corrected chi connectivity index (χ0v) is 15.8. The van der Waals surface area contributed by atoms with Gasteiger partial charge < -0.3 is 13.9 Å². The van der Waals surface area contributed by atoms with Crippen molar-refractivity contribution in [2.24, 2.45) is 5.10 Å². The van der Waals surface area contributed by atoms with Gasteiger partial charge in [-0.05, 0) is 18.2 Å². The van der Waals surface area contributed by atoms with E-state index < -0.39 is 20.7 Å². The number of aromatic nitrogens is 1. The summed E-state index contributed by atoms with van der Waals surface area (Å²) in [6.45, 7) is 0. The molecule has 12 nitrogen and oxygen atoms in total. The Bertz CT molecular complexity index is 1280. The van der Waals surface area contributed by atoms with Crippen LogP contribution in [0.3, 0.4) is 0 Å². The first-order valence-electron chi connectivity index (χ1n) is 7.83. The van der Waals surface area contributed by atoms with Crippen LogP contribution in [0, 0.1) is 10.1 Å². The molecule has 0 radical (unpaired) electrons. The summed E-state index contributed by atoms with van der Waals surface area (Å²) < 4.78 is 39.6. The molecule has 0 aliphatic carbocycles. The molecule has 0 atom stereocenters. The molecule has 0 unspecified atom stereocenters. The number of nitro benzene ring substituents is 1. The van der Waals surface area contributed by atoms with Gasteiger partial charge in [-0.1, -0.05) is 0 Å². The number of fused-ring (bicyclic) bond motifs is 1. The minimum absolute atomic E-state index is 0.0670. The van der Waals surface area contributed by atoms with Gasteiger partial charge >= 0.3 is 11.4 Å². The second kappa shape index (κ2) is 7.63. The molecule has 3 aromatic rings. The van der Waals surface area contributed by atoms with Gasteiger partial charge in [0.2, 0.25) is 5.75 Å². The SMILES string of the molecule is COc1cc(/C=N/NS(=O)(=O)c2ccc3[nH]c(=O)oc3c2)cc([N+](=O)[O-])c1OC. The number of nitro groups is 1. The smallest absolute Gasteiger partial charge is 0.417 e. The number of rotatable bonds is 7. The van der Waals surface area contributed by atoms with Gasteiger partial charge in [0.05, 0.1) is 35.8 Å². The lowest BCUT2D eigenvalue weighted by atomic mass is 10.2. The number of hydrogen-bond acceptors (Lipinski definition) is 9. The number of aromatic amines is 1. The van der Waals surface area contributed by atoms with Crippen LogP contribution in [0.15, 0.2) is 49.5 Å². The topological polar surface area (TPSA) is 166 Å². The van der Waals surface area contributed by atoms with E-state index in [1.165, 1.54) is 32.4 Å². The number of methoxy groups -OCH3 is 2. The first-order chi connectivity index (χ1) is 13.7. The summed E-state index contributed by atoms with van der Waals surface area (Å²) in [5.74, 6) is -0.703. The molecule has 13 heteroatoms. The van der Waals surface area contributed by atoms with Crippen molar-refractivity contribution in [1.82, 2.24) is 9.82 Å². The van der Waals surface area contributed by atoms with Crippen molar-refractivity contribution in [2.75, 3.05) is 14.2 Å². The molecule has 29 heavy (non-hydrogen) atoms. The molecule has 0 aliphatic heterocycles. The molecule has 0 aliphatic rings. The maximum absolute atomic E-state index is 12.4. The van der Waals surface area contributed by atoms with E-state index in [9.17, 15) is 23.3 Å². The second-order valence-corrected chi connectivity index (χ2v) is 7.22. The van der Waals surface area contributed by atoms with Crippen molar-refractivity contribution in [3.8, 4) is 11.5 Å². The summed E-state index contributed by atoms with van der Waals surface area (Å²) in [6.07, 6.45) is 1.07. The number of hydrogen-bond donors (Lipinski definition) is 2. The van der Waals surface area contributed by atoms with Crippen molar-refractivity contribution >= 4 is 33.0 Å². The highest BCUT2D eigenvalue weighted by atomic mass is 32.2. The first kappa shape index (κ1) is 19.9. The van der Waals surface area contributed by atoms with Gasteiger partial charge in [0.1, 0.15) is 0 Å². The number of benzene rings is 2. The Kier molecular flexibility index (Phi) is 5.23. The monoisotopic (exact) mass is 422 g/mol. The Hall–Kier alpha value is -3.87. The molecular formula is C16H14N4O8S. The molecule has 0 saturated carbocycles. The normalized spacial score (nSPS) is 11.7. The lowest BCUT2D eigenvalue weighted by Gasteiger charge is -2.08. The number of sulfonamides is 1. The molecule has 1 aromatic heterocycles. The van der Waals surface area contributed by atoms with Gasteiger partial charge in [0.15, 0.2) is 11.3 Å². The quantitative estimate of drug-likeness (QED) is 0.327. The molecule has 2 aromatic carbocycles. The number of oxazole rings is 1. The molecule has 0 bridgehead atoms. The summed E-state index contributed by atoms with van der Waals surface area (Å²) in [5, 5.41) is 14.8. The number of ether oxygens (including phenoxy) is 2. The molecule has 1 heterocycles. The highest BCUT2D eigenvalue weighted by molar-refractivity contribution is 7.89. The maximum Gasteiger partial charge on any atom is 0.417 e. The van der Waals surface area contributed by atoms with Crippen molar-refractivity contribution in [3.63, 3.8) is 0 Å². The summed E-state index contributed by atoms with van der Waals surface area (Å²) in [5.41, 5.74) is 0.237. The predicted octanol–water partition coefficient (Wildman–Crippen LogP) is 1.36. The van der Waals surface area contributed by atoms with Gasteiger partial charge in [-0.25, -0.2) is 9.63 Å². The predicted molar refractivity (Wildman–Crippen MR) is 101 cm³/mol. The minimum Gasteiger partial charge on any atom is -0.493 e. The maximum atomic E-state index is 12.4. The van der Waals surface area contributed by atoms with Gasteiger partial charge in [-0.3, -0.25) is 15.1 Å². The van der Waals surface area contributed by atoms with Gasteiger partial charge in [0, 0.05) is 17.7 Å². The Balaban J connectivity index is 1.88. The van der Waals surface area contributed by atoms with Crippen molar-refractivity contribution in [2.45, 2.75) is 4.90 Å². The standard InChI is InChI=1S/C16H14N4O8S/c1-26-14-6-9(5-12(20(22)23)15(14)27-2)8-17-19-29(24,25)10-3-4-11-13(7-10)28-16(21)18-11/h3-8,19H,1-2H3,(H,18,21)/b17-8+. The molecule has 0 spiro atoms. The number of nitrogens with one attached hydrogen (secondary N) is 2. The first-order valence-corrected chi connectivity index (χ1v) is 9.31. The van der Waals surface area contributed by atoms with Crippen LogP contribution in [-0.2, 0) is 10.0 Å². The molecular weight excluding hydrogens is 408 g/mol. The fourth-order valence-electron chi connectivity index (χ4n) is 2.49. The largest absolute Gasteiger partial charge is 0.493 e. The molecule has 3 rings (SSSR count). The third-order valence-corrected chi connectivity index (χ3v) is 4.99. The molecule has 0 amide bonds. The third-order valence-electron chi connectivity index (χ3n) is 3.77. The summed E-state index contributed by atoms with van der Waals surface area (Å²) in [4.78, 5) is 25.9. The van der Waals surface area contributed by atoms with Crippen LogP contribution in [0.25, 0.3) is 11.1 Å². The summed E-state index contributed by atoms with van der Waals surface area (Å²) >= 11 is 0. The van der Waals surface area contributed by atoms with E-state index in [2.05, 4.69) is 10.1 Å².